The van der Waals surface area contributed by atoms with Crippen LogP contribution in [0.1, 0.15) is 10.5 Å². The van der Waals surface area contributed by atoms with Gasteiger partial charge in [-0.15, -0.1) is 5.10 Å². The second-order valence-corrected chi connectivity index (χ2v) is 5.99. The van der Waals surface area contributed by atoms with Crippen molar-refractivity contribution in [2.24, 2.45) is 0 Å². The number of carboxylic acids is 1. The van der Waals surface area contributed by atoms with E-state index in [0.29, 0.717) is 5.03 Å². The molecule has 1 aromatic carbocycles. The Labute approximate surface area is 132 Å². The van der Waals surface area contributed by atoms with E-state index < -0.39 is 5.97 Å². The molecule has 0 fully saturated rings. The zero-order valence-corrected chi connectivity index (χ0v) is 13.2. The summed E-state index contributed by atoms with van der Waals surface area (Å²) in [6, 6.07) is 11.7. The lowest BCUT2D eigenvalue weighted by Crippen LogP contribution is -2.00. The van der Waals surface area contributed by atoms with Gasteiger partial charge in [-0.25, -0.2) is 4.79 Å². The van der Waals surface area contributed by atoms with Gasteiger partial charge in [0.2, 0.25) is 5.69 Å². The molecule has 8 heteroatoms. The second-order valence-electron chi connectivity index (χ2n) is 4.36. The first-order chi connectivity index (χ1) is 10.6. The van der Waals surface area contributed by atoms with E-state index in [1.807, 2.05) is 36.4 Å². The van der Waals surface area contributed by atoms with Crippen molar-refractivity contribution >= 4 is 32.4 Å². The van der Waals surface area contributed by atoms with Crippen LogP contribution in [0.5, 0.6) is 0 Å². The summed E-state index contributed by atoms with van der Waals surface area (Å²) in [5.41, 5.74) is 2.89. The van der Waals surface area contributed by atoms with Crippen LogP contribution in [0.2, 0.25) is 0 Å². The first-order valence-electron chi connectivity index (χ1n) is 6.28. The molecule has 0 radical (unpaired) electrons. The van der Waals surface area contributed by atoms with Gasteiger partial charge in [-0.05, 0) is 23.8 Å². The van der Waals surface area contributed by atoms with E-state index >= 15 is 0 Å². The predicted molar refractivity (Wildman–Crippen MR) is 86.5 cm³/mol. The smallest absolute Gasteiger partial charge is 0.359 e. The maximum absolute atomic E-state index is 11.0. The number of carbonyl (C=O) groups is 1. The minimum absolute atomic E-state index is 0.0754. The number of hydrogen-bond donors (Lipinski definition) is 2. The number of nitrogens with one attached hydrogen (secondary N) is 1. The third-order valence-electron chi connectivity index (χ3n) is 2.94. The Morgan fingerprint density at radius 3 is 2.68 bits per heavy atom. The molecule has 2 heterocycles. The minimum Gasteiger partial charge on any atom is -0.476 e. The van der Waals surface area contributed by atoms with Crippen molar-refractivity contribution < 1.29 is 9.90 Å². The highest BCUT2D eigenvalue weighted by atomic mass is 32.2. The molecule has 0 saturated heterocycles. The summed E-state index contributed by atoms with van der Waals surface area (Å²) in [7, 11) is 2.61. The first-order valence-corrected chi connectivity index (χ1v) is 7.67. The average molecular weight is 330 g/mol. The van der Waals surface area contributed by atoms with Crippen LogP contribution in [0.15, 0.2) is 52.5 Å². The Bertz CT molecular complexity index is 820. The van der Waals surface area contributed by atoms with Gasteiger partial charge in [0.1, 0.15) is 5.03 Å². The van der Waals surface area contributed by atoms with Crippen molar-refractivity contribution in [2.45, 2.75) is 9.92 Å². The average Bonchev–Trinajstić information content (AvgIpc) is 2.97. The van der Waals surface area contributed by atoms with Crippen LogP contribution in [-0.2, 0) is 0 Å². The SMILES string of the molecule is O=C(O)c1nn[nH]c1Sc1ccc(-c2cccnc2P)cc1. The summed E-state index contributed by atoms with van der Waals surface area (Å²) in [5, 5.41) is 19.1. The molecular weight excluding hydrogens is 319 g/mol. The highest BCUT2D eigenvalue weighted by molar-refractivity contribution is 7.99. The van der Waals surface area contributed by atoms with Gasteiger partial charge in [0.25, 0.3) is 0 Å². The van der Waals surface area contributed by atoms with Crippen molar-refractivity contribution in [3.8, 4) is 11.1 Å². The van der Waals surface area contributed by atoms with Gasteiger partial charge in [0.05, 0.1) is 5.44 Å². The van der Waals surface area contributed by atoms with Crippen LogP contribution >= 0.6 is 21.0 Å². The lowest BCUT2D eigenvalue weighted by molar-refractivity contribution is 0.0686. The maximum atomic E-state index is 11.0. The van der Waals surface area contributed by atoms with Crippen molar-refractivity contribution in [3.63, 3.8) is 0 Å². The summed E-state index contributed by atoms with van der Waals surface area (Å²) < 4.78 is 0. The summed E-state index contributed by atoms with van der Waals surface area (Å²) in [6.45, 7) is 0. The highest BCUT2D eigenvalue weighted by Crippen LogP contribution is 2.29. The number of nitrogens with zero attached hydrogens (tertiary/aromatic N) is 3. The number of aromatic nitrogens is 4. The molecule has 110 valence electrons. The largest absolute Gasteiger partial charge is 0.476 e. The Balaban J connectivity index is 1.84. The van der Waals surface area contributed by atoms with Crippen LogP contribution in [-0.4, -0.2) is 31.5 Å². The van der Waals surface area contributed by atoms with E-state index in [1.54, 1.807) is 6.20 Å². The lowest BCUT2D eigenvalue weighted by Gasteiger charge is -2.06. The van der Waals surface area contributed by atoms with Crippen molar-refractivity contribution in [1.29, 1.82) is 0 Å². The van der Waals surface area contributed by atoms with Crippen LogP contribution in [0, 0.1) is 0 Å². The zero-order chi connectivity index (χ0) is 15.5. The normalized spacial score (nSPS) is 10.6. The molecule has 0 aliphatic rings. The molecule has 2 N–H and O–H groups in total. The van der Waals surface area contributed by atoms with Crippen LogP contribution in [0.4, 0.5) is 0 Å². The molecule has 0 saturated carbocycles. The van der Waals surface area contributed by atoms with E-state index in [0.717, 1.165) is 21.5 Å². The number of rotatable bonds is 4. The predicted octanol–water partition coefficient (Wildman–Crippen LogP) is 2.22. The first kappa shape index (κ1) is 14.7. The van der Waals surface area contributed by atoms with Crippen molar-refractivity contribution in [3.05, 3.63) is 48.3 Å². The fourth-order valence-corrected chi connectivity index (χ4v) is 3.08. The van der Waals surface area contributed by atoms with Crippen LogP contribution in [0.3, 0.4) is 0 Å². The number of H-pyrrole nitrogens is 1. The third-order valence-corrected chi connectivity index (χ3v) is 4.40. The Morgan fingerprint density at radius 2 is 2.00 bits per heavy atom. The zero-order valence-electron chi connectivity index (χ0n) is 11.2. The van der Waals surface area contributed by atoms with E-state index in [1.165, 1.54) is 11.8 Å². The molecule has 3 rings (SSSR count). The van der Waals surface area contributed by atoms with E-state index in [4.69, 9.17) is 5.11 Å². The lowest BCUT2D eigenvalue weighted by atomic mass is 10.1. The van der Waals surface area contributed by atoms with Gasteiger partial charge in [-0.1, -0.05) is 44.4 Å². The standard InChI is InChI=1S/C14H11N4O2PS/c19-14(20)11-13(17-18-16-11)22-9-5-3-8(4-6-9)10-2-1-7-15-12(10)21/h1-7H,21H2,(H,19,20)(H,16,17,18). The number of carboxylic acid groups (broad SMARTS) is 1. The number of aromatic carboxylic acids is 1. The minimum atomic E-state index is -1.10. The molecule has 0 bridgehead atoms. The molecule has 0 aliphatic heterocycles. The van der Waals surface area contributed by atoms with Gasteiger partial charge in [-0.3, -0.25) is 10.1 Å². The summed E-state index contributed by atoms with van der Waals surface area (Å²) in [4.78, 5) is 16.1. The van der Waals surface area contributed by atoms with Gasteiger partial charge in [0, 0.05) is 16.7 Å². The molecule has 2 aromatic heterocycles. The van der Waals surface area contributed by atoms with Crippen LogP contribution in [0.25, 0.3) is 11.1 Å². The fraction of sp³-hybridized carbons (Fsp3) is 0. The highest BCUT2D eigenvalue weighted by Gasteiger charge is 2.15. The molecule has 22 heavy (non-hydrogen) atoms. The summed E-state index contributed by atoms with van der Waals surface area (Å²) in [6.07, 6.45) is 1.74. The molecule has 1 unspecified atom stereocenters. The molecule has 1 atom stereocenters. The van der Waals surface area contributed by atoms with E-state index in [2.05, 4.69) is 29.6 Å². The number of aromatic amines is 1. The Hall–Kier alpha value is -2.24. The molecule has 0 aliphatic carbocycles. The quantitative estimate of drug-likeness (QED) is 0.713. The molecule has 6 nitrogen and oxygen atoms in total. The maximum Gasteiger partial charge on any atom is 0.359 e. The third kappa shape index (κ3) is 3.00. The fourth-order valence-electron chi connectivity index (χ4n) is 1.91. The number of hydrogen-bond acceptors (Lipinski definition) is 5. The van der Waals surface area contributed by atoms with Gasteiger partial charge in [0.15, 0.2) is 0 Å². The van der Waals surface area contributed by atoms with E-state index in [-0.39, 0.29) is 5.69 Å². The molecule has 3 aromatic rings. The van der Waals surface area contributed by atoms with Crippen LogP contribution < -0.4 is 5.44 Å². The Kier molecular flexibility index (Phi) is 4.18. The molecule has 0 spiro atoms. The molecular formula is C14H11N4O2PS. The summed E-state index contributed by atoms with van der Waals surface area (Å²) >= 11 is 1.28. The van der Waals surface area contributed by atoms with Gasteiger partial charge < -0.3 is 5.11 Å². The summed E-state index contributed by atoms with van der Waals surface area (Å²) in [5.74, 6) is -1.10. The second kappa shape index (κ2) is 6.25. The van der Waals surface area contributed by atoms with Crippen molar-refractivity contribution in [1.82, 2.24) is 20.4 Å². The Morgan fingerprint density at radius 1 is 1.23 bits per heavy atom. The van der Waals surface area contributed by atoms with E-state index in [9.17, 15) is 4.79 Å². The molecule has 0 amide bonds. The van der Waals surface area contributed by atoms with Gasteiger partial charge in [-0.2, -0.15) is 0 Å². The number of pyridine rings is 1. The monoisotopic (exact) mass is 330 g/mol. The topological polar surface area (TPSA) is 91.8 Å². The number of benzene rings is 1. The van der Waals surface area contributed by atoms with Gasteiger partial charge >= 0.3 is 5.97 Å². The van der Waals surface area contributed by atoms with Crippen molar-refractivity contribution in [2.75, 3.05) is 0 Å².